The lowest BCUT2D eigenvalue weighted by molar-refractivity contribution is -0.169. The molecule has 5 fully saturated rings. The number of rotatable bonds is 8. The third-order valence-corrected chi connectivity index (χ3v) is 16.5. The van der Waals surface area contributed by atoms with Gasteiger partial charge in [-0.25, -0.2) is 13.4 Å². The fourth-order valence-corrected chi connectivity index (χ4v) is 11.0. The summed E-state index contributed by atoms with van der Waals surface area (Å²) in [7, 11) is -2.35. The quantitative estimate of drug-likeness (QED) is 0.250. The molecule has 58 heavy (non-hydrogen) atoms. The van der Waals surface area contributed by atoms with Crippen molar-refractivity contribution in [2.45, 2.75) is 156 Å². The molecule has 2 N–H and O–H groups in total. The van der Waals surface area contributed by atoms with Crippen molar-refractivity contribution in [3.05, 3.63) is 41.6 Å². The van der Waals surface area contributed by atoms with Crippen molar-refractivity contribution in [2.75, 3.05) is 13.7 Å². The summed E-state index contributed by atoms with van der Waals surface area (Å²) in [6.07, 6.45) is 14.4. The van der Waals surface area contributed by atoms with E-state index in [1.807, 2.05) is 37.3 Å². The predicted molar refractivity (Wildman–Crippen MR) is 214 cm³/mol. The van der Waals surface area contributed by atoms with Gasteiger partial charge < -0.3 is 24.4 Å². The van der Waals surface area contributed by atoms with Gasteiger partial charge in [0.1, 0.15) is 34.3 Å². The highest BCUT2D eigenvalue weighted by atomic mass is 32.2. The van der Waals surface area contributed by atoms with E-state index in [0.29, 0.717) is 50.0 Å². The molecule has 0 unspecified atom stereocenters. The van der Waals surface area contributed by atoms with Crippen LogP contribution in [0, 0.1) is 11.8 Å². The lowest BCUT2D eigenvalue weighted by Crippen LogP contribution is -2.57. The molecule has 1 saturated heterocycles. The Bertz CT molecular complexity index is 2190. The van der Waals surface area contributed by atoms with E-state index in [-0.39, 0.29) is 37.6 Å². The van der Waals surface area contributed by atoms with E-state index in [4.69, 9.17) is 19.2 Å². The highest BCUT2D eigenvalue weighted by molar-refractivity contribution is 7.91. The number of aryl methyl sites for hydroxylation is 1. The van der Waals surface area contributed by atoms with Crippen LogP contribution in [0.2, 0.25) is 0 Å². The van der Waals surface area contributed by atoms with Gasteiger partial charge in [-0.15, -0.1) is 0 Å². The lowest BCUT2D eigenvalue weighted by Gasteiger charge is -2.38. The maximum atomic E-state index is 15.0. The van der Waals surface area contributed by atoms with Crippen LogP contribution in [-0.4, -0.2) is 83.2 Å². The van der Waals surface area contributed by atoms with Crippen molar-refractivity contribution in [2.24, 2.45) is 11.8 Å². The number of hydrogen-bond donors (Lipinski definition) is 2. The Morgan fingerprint density at radius 2 is 1.81 bits per heavy atom. The molecule has 7 aliphatic rings. The molecule has 312 valence electrons. The molecule has 14 heteroatoms. The number of nitrogens with zero attached hydrogens (tertiary/aromatic N) is 2. The van der Waals surface area contributed by atoms with Crippen LogP contribution in [0.25, 0.3) is 10.9 Å². The summed E-state index contributed by atoms with van der Waals surface area (Å²) in [5.74, 6) is -1.46. The van der Waals surface area contributed by atoms with Crippen molar-refractivity contribution in [3.63, 3.8) is 0 Å². The van der Waals surface area contributed by atoms with Crippen molar-refractivity contribution >= 4 is 44.6 Å². The number of esters is 1. The summed E-state index contributed by atoms with van der Waals surface area (Å²) >= 11 is 0. The fraction of sp³-hybridized carbons (Fsp3) is 0.659. The second kappa shape index (κ2) is 14.2. The summed E-state index contributed by atoms with van der Waals surface area (Å²) in [5, 5.41) is 3.96. The van der Waals surface area contributed by atoms with Crippen LogP contribution in [0.1, 0.15) is 134 Å². The molecule has 3 amide bonds. The third kappa shape index (κ3) is 7.14. The van der Waals surface area contributed by atoms with Gasteiger partial charge in [0.15, 0.2) is 0 Å². The van der Waals surface area contributed by atoms with Crippen LogP contribution in [0.15, 0.2) is 30.4 Å². The Morgan fingerprint density at radius 1 is 1.02 bits per heavy atom. The van der Waals surface area contributed by atoms with Gasteiger partial charge in [0.2, 0.25) is 21.8 Å². The molecule has 4 saturated carbocycles. The highest BCUT2D eigenvalue weighted by Gasteiger charge is 2.64. The van der Waals surface area contributed by atoms with Crippen LogP contribution >= 0.6 is 0 Å². The van der Waals surface area contributed by atoms with Gasteiger partial charge in [-0.05, 0) is 116 Å². The highest BCUT2D eigenvalue weighted by Crippen LogP contribution is 2.52. The first kappa shape index (κ1) is 39.3. The Kier molecular flexibility index (Phi) is 9.63. The number of carbonyl (C=O) groups is 4. The van der Waals surface area contributed by atoms with Gasteiger partial charge >= 0.3 is 5.97 Å². The molecule has 1 spiro atoms. The van der Waals surface area contributed by atoms with E-state index in [1.54, 1.807) is 18.9 Å². The molecule has 3 aliphatic heterocycles. The van der Waals surface area contributed by atoms with E-state index in [2.05, 4.69) is 10.0 Å². The largest absolute Gasteiger partial charge is 0.497 e. The number of methoxy groups -OCH3 is 1. The second-order valence-electron chi connectivity index (χ2n) is 18.8. The zero-order valence-corrected chi connectivity index (χ0v) is 34.7. The van der Waals surface area contributed by atoms with Crippen molar-refractivity contribution in [3.8, 4) is 11.5 Å². The van der Waals surface area contributed by atoms with Crippen molar-refractivity contribution < 1.29 is 41.8 Å². The number of pyridine rings is 1. The number of nitrogens with one attached hydrogen (secondary N) is 2. The maximum Gasteiger partial charge on any atom is 0.307 e. The molecule has 5 atom stereocenters. The number of aromatic nitrogens is 1. The van der Waals surface area contributed by atoms with Gasteiger partial charge in [0.05, 0.1) is 36.0 Å². The Morgan fingerprint density at radius 3 is 2.52 bits per heavy atom. The number of carbonyl (C=O) groups excluding carboxylic acids is 4. The molecular weight excluding hydrogens is 761 g/mol. The van der Waals surface area contributed by atoms with Crippen molar-refractivity contribution in [1.29, 1.82) is 0 Å². The van der Waals surface area contributed by atoms with Crippen LogP contribution < -0.4 is 19.5 Å². The number of sulfonamides is 1. The minimum Gasteiger partial charge on any atom is -0.497 e. The van der Waals surface area contributed by atoms with Gasteiger partial charge in [0, 0.05) is 35.1 Å². The minimum absolute atomic E-state index is 0.0928. The van der Waals surface area contributed by atoms with Gasteiger partial charge in [-0.3, -0.25) is 23.9 Å². The topological polar surface area (TPSA) is 170 Å². The fourth-order valence-electron chi connectivity index (χ4n) is 9.72. The first-order valence-corrected chi connectivity index (χ1v) is 22.9. The van der Waals surface area contributed by atoms with E-state index >= 15 is 0 Å². The van der Waals surface area contributed by atoms with E-state index < -0.39 is 67.2 Å². The molecule has 4 heterocycles. The summed E-state index contributed by atoms with van der Waals surface area (Å²) in [6.45, 7) is 3.66. The normalized spacial score (nSPS) is 31.8. The number of fused-ring (bicyclic) bond motifs is 5. The summed E-state index contributed by atoms with van der Waals surface area (Å²) < 4.78 is 46.5. The molecule has 13 nitrogen and oxygen atoms in total. The summed E-state index contributed by atoms with van der Waals surface area (Å²) in [4.78, 5) is 64.0. The van der Waals surface area contributed by atoms with Crippen molar-refractivity contribution in [1.82, 2.24) is 19.9 Å². The van der Waals surface area contributed by atoms with Gasteiger partial charge in [0.25, 0.3) is 5.91 Å². The number of benzene rings is 1. The number of allylic oxidation sites excluding steroid dienone is 1. The number of amides is 3. The minimum atomic E-state index is -3.98. The average Bonchev–Trinajstić information content (AvgIpc) is 4.12. The first-order chi connectivity index (χ1) is 27.7. The molecule has 2 aromatic rings. The van der Waals surface area contributed by atoms with Crippen LogP contribution in [0.3, 0.4) is 0 Å². The zero-order valence-electron chi connectivity index (χ0n) is 33.9. The Labute approximate surface area is 340 Å². The average molecular weight is 817 g/mol. The molecule has 0 radical (unpaired) electrons. The van der Waals surface area contributed by atoms with E-state index in [9.17, 15) is 27.6 Å². The molecule has 1 aromatic heterocycles. The van der Waals surface area contributed by atoms with Crippen LogP contribution in [0.4, 0.5) is 0 Å². The molecule has 0 bridgehead atoms. The second-order valence-corrected chi connectivity index (χ2v) is 21.0. The summed E-state index contributed by atoms with van der Waals surface area (Å²) in [5.41, 5.74) is -0.146. The predicted octanol–water partition coefficient (Wildman–Crippen LogP) is 5.67. The maximum absolute atomic E-state index is 15.0. The third-order valence-electron chi connectivity index (χ3n) is 14.3. The van der Waals surface area contributed by atoms with Crippen LogP contribution in [-0.2, 0) is 40.4 Å². The lowest BCUT2D eigenvalue weighted by atomic mass is 9.82. The number of ether oxygens (including phenoxy) is 3. The van der Waals surface area contributed by atoms with Gasteiger partial charge in [-0.2, -0.15) is 0 Å². The smallest absolute Gasteiger partial charge is 0.307 e. The monoisotopic (exact) mass is 816 g/mol. The summed E-state index contributed by atoms with van der Waals surface area (Å²) in [6, 6.07) is 4.83. The standard InChI is InChI=1S/C44H56N4O9S/c1-41(17-9-18-41)56-35(49)22-28-10-7-5-4-6-8-11-29-24-44(29,40(52)47-58(53,54)42(2)20-21-42)46-38(50)34-25-43(26-48(34)39(28)51)19-16-31-32-23-30(55-3)14-15-33(32)45-36(27-12-13-27)37(31)57-43/h8,11,14-15,23,27-29,34H,4-7,9-10,12-13,16-22,24-26H2,1-3H3,(H,46,50)(H,47,52)/b11-8-/t28-,29-,34+,43-,44-/m1/s1. The Balaban J connectivity index is 1.06. The molecule has 1 aromatic carbocycles. The SMILES string of the molecule is COc1ccc2nc(C3CC3)c3c(c2c1)CC[C@]1(C[C@H]2C(=O)N[C@]4(C(=O)NS(=O)(=O)C5(C)CC5)C[C@H]4/C=C\CCCCC[C@H](CC(=O)OC4(C)CCC4)C(=O)N2C1)O3. The molecular formula is C44H56N4O9S. The van der Waals surface area contributed by atoms with E-state index in [1.165, 1.54) is 0 Å². The number of hydrogen-bond acceptors (Lipinski definition) is 10. The zero-order chi connectivity index (χ0) is 40.7. The molecule has 4 aliphatic carbocycles. The first-order valence-electron chi connectivity index (χ1n) is 21.4. The molecule has 9 rings (SSSR count). The Hall–Kier alpha value is -4.20. The van der Waals surface area contributed by atoms with Gasteiger partial charge in [-0.1, -0.05) is 25.0 Å². The van der Waals surface area contributed by atoms with Crippen LogP contribution in [0.5, 0.6) is 11.5 Å². The van der Waals surface area contributed by atoms with E-state index in [0.717, 1.165) is 73.5 Å².